The van der Waals surface area contributed by atoms with Gasteiger partial charge in [0, 0.05) is 0 Å². The van der Waals surface area contributed by atoms with Crippen LogP contribution in [0.25, 0.3) is 11.5 Å². The lowest BCUT2D eigenvalue weighted by Crippen LogP contribution is -2.11. The summed E-state index contributed by atoms with van der Waals surface area (Å²) in [5, 5.41) is 14.0. The molecule has 0 aliphatic carbocycles. The second-order valence-corrected chi connectivity index (χ2v) is 4.17. The minimum atomic E-state index is -4.66. The van der Waals surface area contributed by atoms with Gasteiger partial charge in [-0.15, -0.1) is 0 Å². The first-order valence-electron chi connectivity index (χ1n) is 3.75. The van der Waals surface area contributed by atoms with Gasteiger partial charge in [-0.25, -0.2) is 0 Å². The van der Waals surface area contributed by atoms with Gasteiger partial charge in [0.25, 0.3) is 0 Å². The molecule has 15 heavy (non-hydrogen) atoms. The van der Waals surface area contributed by atoms with Gasteiger partial charge in [-0.3, -0.25) is 0 Å². The molecule has 1 N–H and O–H groups in total. The number of rotatable bonds is 2. The summed E-state index contributed by atoms with van der Waals surface area (Å²) in [6.07, 6.45) is 0. The molecule has 0 aliphatic heterocycles. The molecule has 0 saturated carbocycles. The van der Waals surface area contributed by atoms with E-state index in [9.17, 15) is 14.6 Å². The summed E-state index contributed by atoms with van der Waals surface area (Å²) in [5.74, 6) is -0.641. The van der Waals surface area contributed by atoms with E-state index in [1.54, 1.807) is 0 Å². The van der Waals surface area contributed by atoms with Crippen molar-refractivity contribution in [2.75, 3.05) is 0 Å². The SMILES string of the molecule is O=P([O-])(O)c1ccc(-c2cc([O-])on2)o1. The lowest BCUT2D eigenvalue weighted by molar-refractivity contribution is -0.297. The largest absolute Gasteiger partial charge is 0.773 e. The third-order valence-electron chi connectivity index (χ3n) is 1.61. The van der Waals surface area contributed by atoms with E-state index in [1.807, 2.05) is 0 Å². The highest BCUT2D eigenvalue weighted by Gasteiger charge is 2.13. The van der Waals surface area contributed by atoms with Crippen molar-refractivity contribution in [1.82, 2.24) is 5.16 Å². The molecule has 8 heteroatoms. The number of hydrogen-bond acceptors (Lipinski definition) is 6. The zero-order chi connectivity index (χ0) is 11.1. The molecule has 2 rings (SSSR count). The highest BCUT2D eigenvalue weighted by atomic mass is 31.2. The highest BCUT2D eigenvalue weighted by molar-refractivity contribution is 7.58. The van der Waals surface area contributed by atoms with Crippen LogP contribution in [-0.4, -0.2) is 10.1 Å². The van der Waals surface area contributed by atoms with Crippen molar-refractivity contribution in [2.45, 2.75) is 0 Å². The maximum Gasteiger partial charge on any atom is 0.197 e. The second-order valence-electron chi connectivity index (χ2n) is 2.69. The zero-order valence-corrected chi connectivity index (χ0v) is 8.01. The Balaban J connectivity index is 2.40. The first-order valence-corrected chi connectivity index (χ1v) is 5.33. The Morgan fingerprint density at radius 3 is 2.67 bits per heavy atom. The third kappa shape index (κ3) is 1.94. The smallest absolute Gasteiger partial charge is 0.197 e. The number of furan rings is 1. The number of nitrogens with zero attached hydrogens (tertiary/aromatic N) is 1. The molecule has 2 aromatic heterocycles. The van der Waals surface area contributed by atoms with Crippen LogP contribution in [0.4, 0.5) is 0 Å². The summed E-state index contributed by atoms with van der Waals surface area (Å²) < 4.78 is 19.7. The van der Waals surface area contributed by atoms with E-state index in [1.165, 1.54) is 6.07 Å². The van der Waals surface area contributed by atoms with Crippen LogP contribution in [0.15, 0.2) is 27.1 Å². The minimum absolute atomic E-state index is 0.0287. The Kier molecular flexibility index (Phi) is 2.15. The van der Waals surface area contributed by atoms with Crippen molar-refractivity contribution in [3.8, 4) is 17.4 Å². The zero-order valence-electron chi connectivity index (χ0n) is 7.11. The summed E-state index contributed by atoms with van der Waals surface area (Å²) in [5.41, 5.74) is -0.521. The number of hydrogen-bond donors (Lipinski definition) is 1. The van der Waals surface area contributed by atoms with Crippen LogP contribution in [0.3, 0.4) is 0 Å². The topological polar surface area (TPSA) is 123 Å². The molecule has 0 aromatic carbocycles. The Hall–Kier alpha value is -1.56. The predicted octanol–water partition coefficient (Wildman–Crippen LogP) is -0.821. The third-order valence-corrected chi connectivity index (χ3v) is 2.41. The minimum Gasteiger partial charge on any atom is -0.773 e. The molecule has 1 unspecified atom stereocenters. The van der Waals surface area contributed by atoms with E-state index in [2.05, 4.69) is 9.68 Å². The van der Waals surface area contributed by atoms with Gasteiger partial charge in [0.2, 0.25) is 0 Å². The van der Waals surface area contributed by atoms with E-state index < -0.39 is 19.0 Å². The van der Waals surface area contributed by atoms with Crippen molar-refractivity contribution in [2.24, 2.45) is 0 Å². The predicted molar refractivity (Wildman–Crippen MR) is 43.1 cm³/mol. The van der Waals surface area contributed by atoms with Crippen LogP contribution in [0.1, 0.15) is 0 Å². The molecule has 7 nitrogen and oxygen atoms in total. The van der Waals surface area contributed by atoms with Crippen molar-refractivity contribution in [3.63, 3.8) is 0 Å². The van der Waals surface area contributed by atoms with Crippen LogP contribution in [0.5, 0.6) is 5.95 Å². The normalized spacial score (nSPS) is 15.1. The standard InChI is InChI=1S/C7H6NO6P/c9-6-3-4(8-14-6)5-1-2-7(13-5)15(10,11)12/h1-3,9H,(H2,10,11,12)/p-2. The average Bonchev–Trinajstić information content (AvgIpc) is 2.69. The van der Waals surface area contributed by atoms with Crippen LogP contribution < -0.4 is 15.5 Å². The fourth-order valence-corrected chi connectivity index (χ4v) is 1.47. The van der Waals surface area contributed by atoms with Gasteiger partial charge in [0.05, 0.1) is 5.95 Å². The van der Waals surface area contributed by atoms with E-state index in [4.69, 9.17) is 9.31 Å². The van der Waals surface area contributed by atoms with E-state index >= 15 is 0 Å². The maximum atomic E-state index is 10.7. The van der Waals surface area contributed by atoms with E-state index in [0.29, 0.717) is 0 Å². The highest BCUT2D eigenvalue weighted by Crippen LogP contribution is 2.31. The van der Waals surface area contributed by atoms with Crippen molar-refractivity contribution in [3.05, 3.63) is 18.2 Å². The first-order chi connectivity index (χ1) is 6.97. The van der Waals surface area contributed by atoms with Crippen molar-refractivity contribution < 1.29 is 28.4 Å². The molecule has 0 bridgehead atoms. The van der Waals surface area contributed by atoms with Gasteiger partial charge in [-0.1, -0.05) is 0 Å². The van der Waals surface area contributed by atoms with Gasteiger partial charge in [0.1, 0.15) is 5.69 Å². The molecule has 1 atom stereocenters. The summed E-state index contributed by atoms with van der Waals surface area (Å²) in [6.45, 7) is 0. The van der Waals surface area contributed by atoms with Gasteiger partial charge in [0.15, 0.2) is 18.9 Å². The molecule has 0 radical (unpaired) electrons. The molecule has 0 fully saturated rings. The maximum absolute atomic E-state index is 10.7. The van der Waals surface area contributed by atoms with E-state index in [-0.39, 0.29) is 11.5 Å². The van der Waals surface area contributed by atoms with Crippen LogP contribution in [0.2, 0.25) is 0 Å². The van der Waals surface area contributed by atoms with Gasteiger partial charge in [-0.05, 0) is 18.2 Å². The fraction of sp³-hybridized carbons (Fsp3) is 0. The molecule has 2 aromatic rings. The quantitative estimate of drug-likeness (QED) is 0.667. The van der Waals surface area contributed by atoms with E-state index in [0.717, 1.165) is 12.1 Å². The first kappa shape index (κ1) is 9.97. The van der Waals surface area contributed by atoms with Crippen molar-refractivity contribution >= 4 is 13.1 Å². The molecule has 0 spiro atoms. The molecule has 80 valence electrons. The Morgan fingerprint density at radius 2 is 2.20 bits per heavy atom. The summed E-state index contributed by atoms with van der Waals surface area (Å²) in [6, 6.07) is 3.35. The number of aromatic nitrogens is 1. The van der Waals surface area contributed by atoms with Gasteiger partial charge in [-0.2, -0.15) is 5.16 Å². The molecular formula is C7H4NO6P-2. The van der Waals surface area contributed by atoms with Crippen LogP contribution in [0, 0.1) is 0 Å². The molecule has 2 heterocycles. The van der Waals surface area contributed by atoms with Gasteiger partial charge < -0.3 is 28.4 Å². The Labute approximate surface area is 83.1 Å². The molecular weight excluding hydrogens is 225 g/mol. The molecule has 0 aliphatic rings. The second kappa shape index (κ2) is 3.23. The van der Waals surface area contributed by atoms with Crippen LogP contribution in [-0.2, 0) is 4.57 Å². The molecule has 0 saturated heterocycles. The lowest BCUT2D eigenvalue weighted by Gasteiger charge is -2.10. The average molecular weight is 229 g/mol. The fourth-order valence-electron chi connectivity index (χ4n) is 0.992. The Bertz CT molecular complexity index is 523. The van der Waals surface area contributed by atoms with Crippen molar-refractivity contribution in [1.29, 1.82) is 0 Å². The monoisotopic (exact) mass is 229 g/mol. The molecule has 0 amide bonds. The summed E-state index contributed by atoms with van der Waals surface area (Å²) >= 11 is 0. The van der Waals surface area contributed by atoms with Gasteiger partial charge >= 0.3 is 0 Å². The summed E-state index contributed by atoms with van der Waals surface area (Å²) in [4.78, 5) is 19.3. The Morgan fingerprint density at radius 1 is 1.47 bits per heavy atom. The lowest BCUT2D eigenvalue weighted by atomic mass is 10.3. The summed E-state index contributed by atoms with van der Waals surface area (Å²) in [7, 11) is -4.66. The van der Waals surface area contributed by atoms with Crippen LogP contribution >= 0.6 is 7.60 Å².